The van der Waals surface area contributed by atoms with Crippen LogP contribution in [-0.2, 0) is 17.9 Å². The molecular formula is C19H25NO. The van der Waals surface area contributed by atoms with E-state index >= 15 is 0 Å². The Balaban J connectivity index is 1.69. The van der Waals surface area contributed by atoms with Gasteiger partial charge in [-0.25, -0.2) is 0 Å². The summed E-state index contributed by atoms with van der Waals surface area (Å²) in [5.41, 5.74) is 3.96. The Bertz CT molecular complexity index is 507. The number of hydrogen-bond acceptors (Lipinski definition) is 2. The van der Waals surface area contributed by atoms with Gasteiger partial charge in [-0.3, -0.25) is 0 Å². The SMILES string of the molecule is COCc1ccc(CNCCC(C)c2ccccc2)cc1. The zero-order chi connectivity index (χ0) is 14.9. The summed E-state index contributed by atoms with van der Waals surface area (Å²) in [4.78, 5) is 0. The second-order valence-electron chi connectivity index (χ2n) is 5.53. The van der Waals surface area contributed by atoms with Crippen LogP contribution in [0.25, 0.3) is 0 Å². The molecule has 0 heterocycles. The van der Waals surface area contributed by atoms with E-state index in [4.69, 9.17) is 4.74 Å². The van der Waals surface area contributed by atoms with Gasteiger partial charge in [-0.05, 0) is 35.6 Å². The maximum atomic E-state index is 5.12. The van der Waals surface area contributed by atoms with Crippen LogP contribution < -0.4 is 5.32 Å². The largest absolute Gasteiger partial charge is 0.380 e. The minimum atomic E-state index is 0.600. The van der Waals surface area contributed by atoms with E-state index in [1.54, 1.807) is 7.11 Å². The molecule has 1 atom stereocenters. The second kappa shape index (κ2) is 8.60. The van der Waals surface area contributed by atoms with E-state index in [9.17, 15) is 0 Å². The van der Waals surface area contributed by atoms with E-state index in [1.165, 1.54) is 16.7 Å². The van der Waals surface area contributed by atoms with E-state index in [-0.39, 0.29) is 0 Å². The summed E-state index contributed by atoms with van der Waals surface area (Å²) in [5, 5.41) is 3.52. The Morgan fingerprint density at radius 3 is 2.29 bits per heavy atom. The van der Waals surface area contributed by atoms with Crippen LogP contribution in [0.3, 0.4) is 0 Å². The summed E-state index contributed by atoms with van der Waals surface area (Å²) in [6.45, 7) is 4.93. The molecule has 1 unspecified atom stereocenters. The number of methoxy groups -OCH3 is 1. The number of hydrogen-bond donors (Lipinski definition) is 1. The van der Waals surface area contributed by atoms with E-state index in [0.29, 0.717) is 12.5 Å². The first-order valence-electron chi connectivity index (χ1n) is 7.62. The van der Waals surface area contributed by atoms with Crippen LogP contribution >= 0.6 is 0 Å². The van der Waals surface area contributed by atoms with Crippen LogP contribution in [0.15, 0.2) is 54.6 Å². The van der Waals surface area contributed by atoms with Crippen molar-refractivity contribution >= 4 is 0 Å². The van der Waals surface area contributed by atoms with Gasteiger partial charge in [0.2, 0.25) is 0 Å². The topological polar surface area (TPSA) is 21.3 Å². The lowest BCUT2D eigenvalue weighted by molar-refractivity contribution is 0.185. The van der Waals surface area contributed by atoms with E-state index in [1.807, 2.05) is 0 Å². The number of benzene rings is 2. The van der Waals surface area contributed by atoms with Crippen molar-refractivity contribution in [3.8, 4) is 0 Å². The van der Waals surface area contributed by atoms with Crippen LogP contribution in [0.4, 0.5) is 0 Å². The van der Waals surface area contributed by atoms with Gasteiger partial charge in [-0.15, -0.1) is 0 Å². The van der Waals surface area contributed by atoms with Crippen molar-refractivity contribution in [1.82, 2.24) is 5.32 Å². The zero-order valence-corrected chi connectivity index (χ0v) is 13.0. The van der Waals surface area contributed by atoms with Gasteiger partial charge in [-0.2, -0.15) is 0 Å². The van der Waals surface area contributed by atoms with Gasteiger partial charge < -0.3 is 10.1 Å². The Labute approximate surface area is 128 Å². The van der Waals surface area contributed by atoms with Gasteiger partial charge in [0.05, 0.1) is 6.61 Å². The molecule has 2 aromatic rings. The van der Waals surface area contributed by atoms with Crippen molar-refractivity contribution in [1.29, 1.82) is 0 Å². The van der Waals surface area contributed by atoms with Gasteiger partial charge >= 0.3 is 0 Å². The Morgan fingerprint density at radius 1 is 0.952 bits per heavy atom. The molecule has 2 heteroatoms. The average Bonchev–Trinajstić information content (AvgIpc) is 2.54. The monoisotopic (exact) mass is 283 g/mol. The fourth-order valence-electron chi connectivity index (χ4n) is 2.42. The number of ether oxygens (including phenoxy) is 1. The molecule has 0 fully saturated rings. The molecular weight excluding hydrogens is 258 g/mol. The first-order chi connectivity index (χ1) is 10.3. The third kappa shape index (κ3) is 5.33. The summed E-state index contributed by atoms with van der Waals surface area (Å²) >= 11 is 0. The maximum absolute atomic E-state index is 5.12. The fourth-order valence-corrected chi connectivity index (χ4v) is 2.42. The molecule has 21 heavy (non-hydrogen) atoms. The molecule has 0 spiro atoms. The van der Waals surface area contributed by atoms with Crippen LogP contribution in [0.5, 0.6) is 0 Å². The molecule has 2 aromatic carbocycles. The van der Waals surface area contributed by atoms with Crippen molar-refractivity contribution in [2.75, 3.05) is 13.7 Å². The van der Waals surface area contributed by atoms with Gasteiger partial charge in [-0.1, -0.05) is 61.5 Å². The predicted octanol–water partition coefficient (Wildman–Crippen LogP) is 4.12. The first kappa shape index (κ1) is 15.7. The lowest BCUT2D eigenvalue weighted by Gasteiger charge is -2.12. The standard InChI is InChI=1S/C19H25NO/c1-16(19-6-4-3-5-7-19)12-13-20-14-17-8-10-18(11-9-17)15-21-2/h3-11,16,20H,12-15H2,1-2H3. The van der Waals surface area contributed by atoms with Crippen LogP contribution in [-0.4, -0.2) is 13.7 Å². The third-order valence-electron chi connectivity index (χ3n) is 3.79. The Kier molecular flexibility index (Phi) is 6.45. The molecule has 0 aromatic heterocycles. The number of rotatable bonds is 8. The predicted molar refractivity (Wildman–Crippen MR) is 88.3 cm³/mol. The van der Waals surface area contributed by atoms with E-state index in [2.05, 4.69) is 66.8 Å². The molecule has 0 aliphatic heterocycles. The first-order valence-corrected chi connectivity index (χ1v) is 7.62. The van der Waals surface area contributed by atoms with Gasteiger partial charge in [0.25, 0.3) is 0 Å². The summed E-state index contributed by atoms with van der Waals surface area (Å²) in [7, 11) is 1.73. The molecule has 0 bridgehead atoms. The van der Waals surface area contributed by atoms with Crippen molar-refractivity contribution in [2.24, 2.45) is 0 Å². The Morgan fingerprint density at radius 2 is 1.62 bits per heavy atom. The highest BCUT2D eigenvalue weighted by molar-refractivity contribution is 5.22. The summed E-state index contributed by atoms with van der Waals surface area (Å²) in [6, 6.07) is 19.3. The highest BCUT2D eigenvalue weighted by Gasteiger charge is 2.04. The molecule has 0 saturated carbocycles. The summed E-state index contributed by atoms with van der Waals surface area (Å²) in [5.74, 6) is 0.600. The van der Waals surface area contributed by atoms with Crippen LogP contribution in [0.1, 0.15) is 36.0 Å². The molecule has 0 radical (unpaired) electrons. The minimum Gasteiger partial charge on any atom is -0.380 e. The molecule has 2 nitrogen and oxygen atoms in total. The average molecular weight is 283 g/mol. The molecule has 0 aliphatic rings. The Hall–Kier alpha value is -1.64. The molecule has 1 N–H and O–H groups in total. The van der Waals surface area contributed by atoms with E-state index in [0.717, 1.165) is 19.5 Å². The minimum absolute atomic E-state index is 0.600. The second-order valence-corrected chi connectivity index (χ2v) is 5.53. The third-order valence-corrected chi connectivity index (χ3v) is 3.79. The summed E-state index contributed by atoms with van der Waals surface area (Å²) in [6.07, 6.45) is 1.16. The number of nitrogens with one attached hydrogen (secondary N) is 1. The van der Waals surface area contributed by atoms with Gasteiger partial charge in [0.1, 0.15) is 0 Å². The highest BCUT2D eigenvalue weighted by Crippen LogP contribution is 2.17. The highest BCUT2D eigenvalue weighted by atomic mass is 16.5. The smallest absolute Gasteiger partial charge is 0.0713 e. The van der Waals surface area contributed by atoms with Crippen LogP contribution in [0, 0.1) is 0 Å². The molecule has 0 saturated heterocycles. The normalized spacial score (nSPS) is 12.3. The van der Waals surface area contributed by atoms with E-state index < -0.39 is 0 Å². The van der Waals surface area contributed by atoms with Crippen LogP contribution in [0.2, 0.25) is 0 Å². The van der Waals surface area contributed by atoms with Crippen molar-refractivity contribution in [3.63, 3.8) is 0 Å². The van der Waals surface area contributed by atoms with Gasteiger partial charge in [0, 0.05) is 13.7 Å². The maximum Gasteiger partial charge on any atom is 0.0713 e. The molecule has 0 amide bonds. The molecule has 2 rings (SSSR count). The van der Waals surface area contributed by atoms with Crippen molar-refractivity contribution < 1.29 is 4.74 Å². The lowest BCUT2D eigenvalue weighted by atomic mass is 9.98. The van der Waals surface area contributed by atoms with Gasteiger partial charge in [0.15, 0.2) is 0 Å². The fraction of sp³-hybridized carbons (Fsp3) is 0.368. The molecule has 0 aliphatic carbocycles. The zero-order valence-electron chi connectivity index (χ0n) is 13.0. The lowest BCUT2D eigenvalue weighted by Crippen LogP contribution is -2.16. The quantitative estimate of drug-likeness (QED) is 0.736. The van der Waals surface area contributed by atoms with Crippen molar-refractivity contribution in [2.45, 2.75) is 32.4 Å². The summed E-state index contributed by atoms with van der Waals surface area (Å²) < 4.78 is 5.12. The van der Waals surface area contributed by atoms with Crippen molar-refractivity contribution in [3.05, 3.63) is 71.3 Å². The molecule has 112 valence electrons.